The first-order chi connectivity index (χ1) is 22.2. The number of hydrogen-bond donors (Lipinski definition) is 0. The molecular weight excluding hydrogens is 684 g/mol. The molecule has 6 rings (SSSR count). The van der Waals surface area contributed by atoms with E-state index in [1.54, 1.807) is 0 Å². The number of halogens is 12. The van der Waals surface area contributed by atoms with Crippen LogP contribution in [0.5, 0.6) is 23.0 Å². The van der Waals surface area contributed by atoms with Crippen molar-refractivity contribution in [3.05, 3.63) is 72.8 Å². The lowest BCUT2D eigenvalue weighted by Crippen LogP contribution is -2.18. The number of alkyl halides is 12. The van der Waals surface area contributed by atoms with E-state index in [4.69, 9.17) is 8.83 Å². The second-order valence-electron chi connectivity index (χ2n) is 9.78. The number of hydrogen-bond acceptors (Lipinski definition) is 6. The molecule has 18 heteroatoms. The molecule has 6 nitrogen and oxygen atoms in total. The van der Waals surface area contributed by atoms with Crippen LogP contribution in [0.15, 0.2) is 81.6 Å². The third-order valence-corrected chi connectivity index (χ3v) is 6.52. The van der Waals surface area contributed by atoms with Crippen LogP contribution in [0.2, 0.25) is 0 Å². The van der Waals surface area contributed by atoms with Crippen molar-refractivity contribution in [3.8, 4) is 45.6 Å². The van der Waals surface area contributed by atoms with Gasteiger partial charge < -0.3 is 27.8 Å². The molecule has 2 heterocycles. The summed E-state index contributed by atoms with van der Waals surface area (Å²) in [6, 6.07) is 11.8. The van der Waals surface area contributed by atoms with E-state index < -0.39 is 70.4 Å². The standard InChI is InChI=1S/C30H12F12O6/c31-27(32,33)45-15-5-1-13(2-6-15)19-9-17-21(43-19)11-23(47-29(37,38)39)26-18-10-20(14-3-7-16(8-4-14)46-28(34,35)36)44-22(18)12-24(25(17)26)48-30(40,41)42/h1-12H. The fourth-order valence-corrected chi connectivity index (χ4v) is 4.92. The van der Waals surface area contributed by atoms with Crippen LogP contribution in [0.3, 0.4) is 0 Å². The first-order valence-corrected chi connectivity index (χ1v) is 12.9. The Hall–Kier alpha value is -5.42. The fourth-order valence-electron chi connectivity index (χ4n) is 4.92. The molecule has 0 aliphatic rings. The van der Waals surface area contributed by atoms with Gasteiger partial charge in [0.05, 0.1) is 0 Å². The summed E-state index contributed by atoms with van der Waals surface area (Å²) in [6.45, 7) is 0. The number of fused-ring (bicyclic) bond motifs is 5. The van der Waals surface area contributed by atoms with Crippen LogP contribution in [0.25, 0.3) is 55.4 Å². The van der Waals surface area contributed by atoms with Crippen LogP contribution >= 0.6 is 0 Å². The summed E-state index contributed by atoms with van der Waals surface area (Å²) >= 11 is 0. The number of benzene rings is 4. The van der Waals surface area contributed by atoms with Gasteiger partial charge in [-0.3, -0.25) is 0 Å². The van der Waals surface area contributed by atoms with Crippen LogP contribution in [0.1, 0.15) is 0 Å². The highest BCUT2D eigenvalue weighted by Crippen LogP contribution is 2.49. The van der Waals surface area contributed by atoms with E-state index in [9.17, 15) is 52.7 Å². The van der Waals surface area contributed by atoms with Gasteiger partial charge in [0, 0.05) is 44.8 Å². The number of ether oxygens (including phenoxy) is 4. The summed E-state index contributed by atoms with van der Waals surface area (Å²) in [5.41, 5.74) is -0.726. The number of rotatable bonds is 6. The second kappa shape index (κ2) is 11.1. The van der Waals surface area contributed by atoms with Crippen molar-refractivity contribution < 1.29 is 80.5 Å². The lowest BCUT2D eigenvalue weighted by Gasteiger charge is -2.16. The molecule has 0 saturated heterocycles. The third-order valence-electron chi connectivity index (χ3n) is 6.52. The molecule has 0 saturated carbocycles. The molecule has 0 amide bonds. The average molecular weight is 696 g/mol. The molecule has 4 aromatic carbocycles. The quantitative estimate of drug-likeness (QED) is 0.162. The predicted molar refractivity (Wildman–Crippen MR) is 141 cm³/mol. The number of furan rings is 2. The molecular formula is C30H12F12O6. The first kappa shape index (κ1) is 32.5. The van der Waals surface area contributed by atoms with Gasteiger partial charge in [-0.2, -0.15) is 0 Å². The SMILES string of the molecule is FC(F)(F)Oc1ccc(-c2cc3c(cc(OC(F)(F)F)c4c5cc(-c6ccc(OC(F)(F)F)cc6)oc5cc(OC(F)(F)F)c34)o2)cc1. The summed E-state index contributed by atoms with van der Waals surface area (Å²) in [7, 11) is 0. The highest BCUT2D eigenvalue weighted by molar-refractivity contribution is 6.22. The van der Waals surface area contributed by atoms with Crippen molar-refractivity contribution >= 4 is 32.7 Å². The van der Waals surface area contributed by atoms with Crippen molar-refractivity contribution in [2.24, 2.45) is 0 Å². The summed E-state index contributed by atoms with van der Waals surface area (Å²) in [5.74, 6) is -3.68. The molecule has 0 N–H and O–H groups in total. The summed E-state index contributed by atoms with van der Waals surface area (Å²) < 4.78 is 184. The lowest BCUT2D eigenvalue weighted by molar-refractivity contribution is -0.275. The molecule has 6 aromatic rings. The van der Waals surface area contributed by atoms with Gasteiger partial charge in [-0.05, 0) is 60.7 Å². The summed E-state index contributed by atoms with van der Waals surface area (Å²) in [5, 5.41) is -1.60. The van der Waals surface area contributed by atoms with E-state index in [-0.39, 0.29) is 33.4 Å². The Labute approximate surface area is 257 Å². The third kappa shape index (κ3) is 7.11. The smallest absolute Gasteiger partial charge is 0.456 e. The maximum atomic E-state index is 13.6. The minimum absolute atomic E-state index is 0.0649. The Balaban J connectivity index is 1.57. The van der Waals surface area contributed by atoms with Crippen LogP contribution in [0.4, 0.5) is 52.7 Å². The molecule has 0 fully saturated rings. The lowest BCUT2D eigenvalue weighted by atomic mass is 10.00. The van der Waals surface area contributed by atoms with Crippen molar-refractivity contribution in [2.75, 3.05) is 0 Å². The highest BCUT2D eigenvalue weighted by atomic mass is 19.4. The molecule has 2 aromatic heterocycles. The average Bonchev–Trinajstić information content (AvgIpc) is 3.54. The molecule has 0 unspecified atom stereocenters. The molecule has 0 radical (unpaired) electrons. The zero-order valence-corrected chi connectivity index (χ0v) is 22.9. The van der Waals surface area contributed by atoms with Gasteiger partial charge in [0.2, 0.25) is 0 Å². The fraction of sp³-hybridized carbons (Fsp3) is 0.133. The van der Waals surface area contributed by atoms with E-state index in [1.165, 1.54) is 0 Å². The van der Waals surface area contributed by atoms with Gasteiger partial charge in [-0.15, -0.1) is 52.7 Å². The van der Waals surface area contributed by atoms with Gasteiger partial charge in [-0.1, -0.05) is 0 Å². The zero-order valence-electron chi connectivity index (χ0n) is 22.9. The molecule has 48 heavy (non-hydrogen) atoms. The van der Waals surface area contributed by atoms with Crippen molar-refractivity contribution in [1.82, 2.24) is 0 Å². The zero-order chi connectivity index (χ0) is 34.8. The van der Waals surface area contributed by atoms with E-state index >= 15 is 0 Å². The maximum Gasteiger partial charge on any atom is 0.573 e. The van der Waals surface area contributed by atoms with Crippen LogP contribution in [0, 0.1) is 0 Å². The van der Waals surface area contributed by atoms with Crippen LogP contribution in [-0.4, -0.2) is 25.4 Å². The first-order valence-electron chi connectivity index (χ1n) is 12.9. The van der Waals surface area contributed by atoms with Crippen molar-refractivity contribution in [3.63, 3.8) is 0 Å². The van der Waals surface area contributed by atoms with Crippen molar-refractivity contribution in [2.45, 2.75) is 25.4 Å². The van der Waals surface area contributed by atoms with Gasteiger partial charge in [-0.25, -0.2) is 0 Å². The minimum Gasteiger partial charge on any atom is -0.456 e. The van der Waals surface area contributed by atoms with E-state index in [0.717, 1.165) is 72.8 Å². The molecule has 0 spiro atoms. The topological polar surface area (TPSA) is 63.2 Å². The van der Waals surface area contributed by atoms with Gasteiger partial charge >= 0.3 is 25.4 Å². The minimum atomic E-state index is -5.38. The molecule has 252 valence electrons. The van der Waals surface area contributed by atoms with Gasteiger partial charge in [0.15, 0.2) is 0 Å². The summed E-state index contributed by atoms with van der Waals surface area (Å²) in [4.78, 5) is 0. The Morgan fingerprint density at radius 2 is 0.708 bits per heavy atom. The monoisotopic (exact) mass is 696 g/mol. The molecule has 0 aliphatic heterocycles. The maximum absolute atomic E-state index is 13.6. The second-order valence-corrected chi connectivity index (χ2v) is 9.78. The van der Waals surface area contributed by atoms with Crippen LogP contribution in [-0.2, 0) is 0 Å². The van der Waals surface area contributed by atoms with E-state index in [1.807, 2.05) is 0 Å². The molecule has 0 aliphatic carbocycles. The van der Waals surface area contributed by atoms with E-state index in [2.05, 4.69) is 18.9 Å². The Kier molecular flexibility index (Phi) is 7.51. The highest BCUT2D eigenvalue weighted by Gasteiger charge is 2.37. The predicted octanol–water partition coefficient (Wildman–Crippen LogP) is 11.3. The van der Waals surface area contributed by atoms with Crippen LogP contribution < -0.4 is 18.9 Å². The molecule has 0 atom stereocenters. The normalized spacial score (nSPS) is 13.0. The Morgan fingerprint density at radius 1 is 0.396 bits per heavy atom. The molecule has 0 bridgehead atoms. The Bertz CT molecular complexity index is 1970. The largest absolute Gasteiger partial charge is 0.573 e. The van der Waals surface area contributed by atoms with Crippen molar-refractivity contribution in [1.29, 1.82) is 0 Å². The summed E-state index contributed by atoms with van der Waals surface area (Å²) in [6.07, 6.45) is -20.8. The van der Waals surface area contributed by atoms with E-state index in [0.29, 0.717) is 0 Å². The van der Waals surface area contributed by atoms with Gasteiger partial charge in [0.1, 0.15) is 45.7 Å². The van der Waals surface area contributed by atoms with Gasteiger partial charge in [0.25, 0.3) is 0 Å². The Morgan fingerprint density at radius 3 is 1.00 bits per heavy atom.